The van der Waals surface area contributed by atoms with E-state index < -0.39 is 10.0 Å². The summed E-state index contributed by atoms with van der Waals surface area (Å²) >= 11 is 0. The zero-order valence-corrected chi connectivity index (χ0v) is 18.4. The topological polar surface area (TPSA) is 76.2 Å². The normalized spacial score (nSPS) is 15.0. The summed E-state index contributed by atoms with van der Waals surface area (Å²) in [5, 5.41) is 0. The van der Waals surface area contributed by atoms with Gasteiger partial charge in [-0.1, -0.05) is 19.1 Å². The lowest BCUT2D eigenvalue weighted by Crippen LogP contribution is -2.45. The molecule has 2 aromatic rings. The van der Waals surface area contributed by atoms with Gasteiger partial charge in [-0.25, -0.2) is 8.42 Å². The molecule has 0 aromatic heterocycles. The van der Waals surface area contributed by atoms with Gasteiger partial charge in [0.2, 0.25) is 5.91 Å². The van der Waals surface area contributed by atoms with Gasteiger partial charge in [-0.3, -0.25) is 9.10 Å². The third-order valence-corrected chi connectivity index (χ3v) is 7.19. The smallest absolute Gasteiger partial charge is 0.264 e. The number of nitrogens with zero attached hydrogens (tertiary/aromatic N) is 2. The van der Waals surface area contributed by atoms with E-state index in [2.05, 4.69) is 6.92 Å². The number of para-hydroxylation sites is 2. The molecule has 7 nitrogen and oxygen atoms in total. The molecule has 0 radical (unpaired) electrons. The summed E-state index contributed by atoms with van der Waals surface area (Å²) in [6.07, 6.45) is 1.84. The van der Waals surface area contributed by atoms with Gasteiger partial charge < -0.3 is 14.4 Å². The van der Waals surface area contributed by atoms with Gasteiger partial charge in [-0.05, 0) is 55.2 Å². The van der Waals surface area contributed by atoms with Crippen molar-refractivity contribution in [3.8, 4) is 11.5 Å². The van der Waals surface area contributed by atoms with Gasteiger partial charge >= 0.3 is 0 Å². The summed E-state index contributed by atoms with van der Waals surface area (Å²) in [7, 11) is -1.01. The van der Waals surface area contributed by atoms with Crippen LogP contribution in [-0.2, 0) is 14.8 Å². The van der Waals surface area contributed by atoms with Crippen molar-refractivity contribution < 1.29 is 22.7 Å². The molecule has 8 heteroatoms. The molecule has 0 spiro atoms. The van der Waals surface area contributed by atoms with Crippen LogP contribution in [0.4, 0.5) is 5.69 Å². The summed E-state index contributed by atoms with van der Waals surface area (Å²) in [5.74, 6) is 1.29. The van der Waals surface area contributed by atoms with Crippen LogP contribution < -0.4 is 13.8 Å². The standard InChI is InChI=1S/C22H28N2O5S/c1-17-12-14-23(15-13-17)22(25)16-24(20-6-4-5-7-21(20)29-3)30(26,27)19-10-8-18(28-2)9-11-19/h4-11,17H,12-16H2,1-3H3. The molecule has 0 bridgehead atoms. The van der Waals surface area contributed by atoms with Crippen molar-refractivity contribution in [2.24, 2.45) is 5.92 Å². The van der Waals surface area contributed by atoms with Gasteiger partial charge in [0.15, 0.2) is 0 Å². The van der Waals surface area contributed by atoms with Gasteiger partial charge in [0, 0.05) is 13.1 Å². The Balaban J connectivity index is 1.97. The largest absolute Gasteiger partial charge is 0.497 e. The maximum Gasteiger partial charge on any atom is 0.264 e. The minimum absolute atomic E-state index is 0.0780. The highest BCUT2D eigenvalue weighted by Crippen LogP contribution is 2.33. The molecule has 162 valence electrons. The number of rotatable bonds is 7. The lowest BCUT2D eigenvalue weighted by atomic mass is 9.99. The highest BCUT2D eigenvalue weighted by Gasteiger charge is 2.31. The van der Waals surface area contributed by atoms with E-state index in [9.17, 15) is 13.2 Å². The molecule has 0 aliphatic carbocycles. The van der Waals surface area contributed by atoms with Gasteiger partial charge in [-0.2, -0.15) is 0 Å². The number of methoxy groups -OCH3 is 2. The Hall–Kier alpha value is -2.74. The molecule has 0 N–H and O–H groups in total. The highest BCUT2D eigenvalue weighted by atomic mass is 32.2. The molecular weight excluding hydrogens is 404 g/mol. The van der Waals surface area contributed by atoms with Gasteiger partial charge in [0.1, 0.15) is 18.0 Å². The molecule has 30 heavy (non-hydrogen) atoms. The molecule has 1 heterocycles. The van der Waals surface area contributed by atoms with Crippen molar-refractivity contribution in [3.05, 3.63) is 48.5 Å². The van der Waals surface area contributed by atoms with Crippen LogP contribution in [0.3, 0.4) is 0 Å². The van der Waals surface area contributed by atoms with Crippen molar-refractivity contribution in [3.63, 3.8) is 0 Å². The number of hydrogen-bond acceptors (Lipinski definition) is 5. The van der Waals surface area contributed by atoms with E-state index in [4.69, 9.17) is 9.47 Å². The molecule has 1 amide bonds. The summed E-state index contributed by atoms with van der Waals surface area (Å²) in [6, 6.07) is 12.9. The first-order valence-electron chi connectivity index (χ1n) is 9.94. The Morgan fingerprint density at radius 2 is 1.67 bits per heavy atom. The maximum atomic E-state index is 13.5. The molecule has 1 aliphatic rings. The first-order chi connectivity index (χ1) is 14.4. The van der Waals surface area contributed by atoms with E-state index in [-0.39, 0.29) is 17.3 Å². The lowest BCUT2D eigenvalue weighted by molar-refractivity contribution is -0.130. The van der Waals surface area contributed by atoms with Crippen LogP contribution in [0.1, 0.15) is 19.8 Å². The summed E-state index contributed by atoms with van der Waals surface area (Å²) in [5.41, 5.74) is 0.328. The first kappa shape index (κ1) is 22.0. The number of ether oxygens (including phenoxy) is 2. The summed E-state index contributed by atoms with van der Waals surface area (Å²) in [6.45, 7) is 3.16. The van der Waals surface area contributed by atoms with E-state index in [0.29, 0.717) is 36.2 Å². The van der Waals surface area contributed by atoms with E-state index in [1.165, 1.54) is 26.4 Å². The van der Waals surface area contributed by atoms with Gasteiger partial charge in [0.05, 0.1) is 24.8 Å². The fourth-order valence-corrected chi connectivity index (χ4v) is 4.92. The molecule has 1 saturated heterocycles. The van der Waals surface area contributed by atoms with E-state index in [1.54, 1.807) is 41.3 Å². The Kier molecular flexibility index (Phi) is 6.87. The number of hydrogen-bond donors (Lipinski definition) is 0. The SMILES string of the molecule is COc1ccc(S(=O)(=O)N(CC(=O)N2CCC(C)CC2)c2ccccc2OC)cc1. The Bertz CT molecular complexity index is 967. The minimum atomic E-state index is -4.01. The minimum Gasteiger partial charge on any atom is -0.497 e. The molecule has 0 atom stereocenters. The molecule has 0 saturated carbocycles. The second kappa shape index (κ2) is 9.38. The van der Waals surface area contributed by atoms with Crippen molar-refractivity contribution in [1.82, 2.24) is 4.90 Å². The van der Waals surface area contributed by atoms with Crippen molar-refractivity contribution in [1.29, 1.82) is 0 Å². The van der Waals surface area contributed by atoms with Crippen LogP contribution >= 0.6 is 0 Å². The number of likely N-dealkylation sites (tertiary alicyclic amines) is 1. The molecule has 2 aromatic carbocycles. The number of benzene rings is 2. The first-order valence-corrected chi connectivity index (χ1v) is 11.4. The maximum absolute atomic E-state index is 13.5. The average molecular weight is 433 g/mol. The van der Waals surface area contributed by atoms with Gasteiger partial charge in [0.25, 0.3) is 10.0 Å². The molecular formula is C22H28N2O5S. The van der Waals surface area contributed by atoms with E-state index >= 15 is 0 Å². The van der Waals surface area contributed by atoms with Crippen LogP contribution in [0, 0.1) is 5.92 Å². The Labute approximate surface area is 178 Å². The third-order valence-electron chi connectivity index (χ3n) is 5.42. The number of amides is 1. The molecule has 0 unspecified atom stereocenters. The third kappa shape index (κ3) is 4.70. The Morgan fingerprint density at radius 1 is 1.03 bits per heavy atom. The van der Waals surface area contributed by atoms with Crippen LogP contribution in [0.5, 0.6) is 11.5 Å². The summed E-state index contributed by atoms with van der Waals surface area (Å²) < 4.78 is 38.7. The molecule has 3 rings (SSSR count). The van der Waals surface area contributed by atoms with Gasteiger partial charge in [-0.15, -0.1) is 0 Å². The number of piperidine rings is 1. The zero-order chi connectivity index (χ0) is 21.7. The van der Waals surface area contributed by atoms with Crippen molar-refractivity contribution in [2.45, 2.75) is 24.7 Å². The number of sulfonamides is 1. The average Bonchev–Trinajstić information content (AvgIpc) is 2.77. The van der Waals surface area contributed by atoms with Crippen LogP contribution in [-0.4, -0.2) is 53.1 Å². The van der Waals surface area contributed by atoms with Crippen LogP contribution in [0.2, 0.25) is 0 Å². The second-order valence-electron chi connectivity index (χ2n) is 7.42. The number of carbonyl (C=O) groups is 1. The van der Waals surface area contributed by atoms with E-state index in [0.717, 1.165) is 17.1 Å². The fraction of sp³-hybridized carbons (Fsp3) is 0.409. The molecule has 1 aliphatic heterocycles. The zero-order valence-electron chi connectivity index (χ0n) is 17.6. The monoisotopic (exact) mass is 432 g/mol. The second-order valence-corrected chi connectivity index (χ2v) is 9.28. The number of anilines is 1. The quantitative estimate of drug-likeness (QED) is 0.672. The molecule has 1 fully saturated rings. The predicted octanol–water partition coefficient (Wildman–Crippen LogP) is 3.16. The highest BCUT2D eigenvalue weighted by molar-refractivity contribution is 7.92. The van der Waals surface area contributed by atoms with Crippen LogP contribution in [0.15, 0.2) is 53.4 Å². The Morgan fingerprint density at radius 3 is 2.27 bits per heavy atom. The number of carbonyl (C=O) groups excluding carboxylic acids is 1. The van der Waals surface area contributed by atoms with E-state index in [1.807, 2.05) is 0 Å². The predicted molar refractivity (Wildman–Crippen MR) is 115 cm³/mol. The van der Waals surface area contributed by atoms with Crippen LogP contribution in [0.25, 0.3) is 0 Å². The van der Waals surface area contributed by atoms with Crippen molar-refractivity contribution >= 4 is 21.6 Å². The fourth-order valence-electron chi connectivity index (χ4n) is 3.49. The summed E-state index contributed by atoms with van der Waals surface area (Å²) in [4.78, 5) is 14.8. The van der Waals surface area contributed by atoms with Crippen molar-refractivity contribution in [2.75, 3.05) is 38.2 Å². The lowest BCUT2D eigenvalue weighted by Gasteiger charge is -2.33.